The van der Waals surface area contributed by atoms with E-state index in [1.807, 2.05) is 4.90 Å². The van der Waals surface area contributed by atoms with Gasteiger partial charge in [-0.2, -0.15) is 0 Å². The first-order valence-corrected chi connectivity index (χ1v) is 4.04. The zero-order valence-electron chi connectivity index (χ0n) is 6.79. The molecule has 3 heteroatoms. The van der Waals surface area contributed by atoms with Crippen molar-refractivity contribution in [3.8, 4) is 0 Å². The molecule has 1 rings (SSSR count). The van der Waals surface area contributed by atoms with Gasteiger partial charge in [0.25, 0.3) is 0 Å². The molecule has 64 valence electrons. The monoisotopic (exact) mass is 156 g/mol. The molecular weight excluding hydrogens is 140 g/mol. The molecule has 0 aromatic heterocycles. The zero-order valence-corrected chi connectivity index (χ0v) is 6.79. The highest BCUT2D eigenvalue weighted by molar-refractivity contribution is 4.90. The van der Waals surface area contributed by atoms with Gasteiger partial charge in [0.05, 0.1) is 5.82 Å². The van der Waals surface area contributed by atoms with Crippen LogP contribution in [0.1, 0.15) is 12.8 Å². The second-order valence-electron chi connectivity index (χ2n) is 3.13. The molecule has 1 fully saturated rings. The Morgan fingerprint density at radius 3 is 3.00 bits per heavy atom. The van der Waals surface area contributed by atoms with Crippen molar-refractivity contribution >= 4 is 0 Å². The van der Waals surface area contributed by atoms with Crippen LogP contribution in [-0.4, -0.2) is 29.7 Å². The zero-order chi connectivity index (χ0) is 8.27. The largest absolute Gasteiger partial charge is 0.396 e. The van der Waals surface area contributed by atoms with Gasteiger partial charge in [-0.05, 0) is 18.8 Å². The van der Waals surface area contributed by atoms with E-state index in [2.05, 4.69) is 6.58 Å². The molecule has 1 aliphatic heterocycles. The van der Waals surface area contributed by atoms with E-state index in [0.717, 1.165) is 25.9 Å². The molecule has 0 aliphatic carbocycles. The number of likely N-dealkylation sites (tertiary alicyclic amines) is 1. The maximum absolute atomic E-state index is 8.89. The Bertz CT molecular complexity index is 147. The van der Waals surface area contributed by atoms with E-state index in [1.165, 1.54) is 0 Å². The van der Waals surface area contributed by atoms with E-state index < -0.39 is 0 Å². The van der Waals surface area contributed by atoms with Gasteiger partial charge in [-0.3, -0.25) is 0 Å². The first-order valence-electron chi connectivity index (χ1n) is 4.04. The van der Waals surface area contributed by atoms with Crippen molar-refractivity contribution in [3.63, 3.8) is 0 Å². The van der Waals surface area contributed by atoms with Crippen molar-refractivity contribution in [1.82, 2.24) is 4.90 Å². The summed E-state index contributed by atoms with van der Waals surface area (Å²) in [6.07, 6.45) is 2.22. The topological polar surface area (TPSA) is 49.5 Å². The second kappa shape index (κ2) is 3.62. The summed E-state index contributed by atoms with van der Waals surface area (Å²) < 4.78 is 0. The van der Waals surface area contributed by atoms with Gasteiger partial charge in [0, 0.05) is 19.7 Å². The van der Waals surface area contributed by atoms with Crippen LogP contribution in [0.4, 0.5) is 0 Å². The average molecular weight is 156 g/mol. The third kappa shape index (κ3) is 2.12. The predicted octanol–water partition coefficient (Wildman–Crippen LogP) is 0.121. The molecule has 0 spiro atoms. The summed E-state index contributed by atoms with van der Waals surface area (Å²) in [6.45, 7) is 5.80. The molecule has 1 saturated heterocycles. The SMILES string of the molecule is C=C(N)N1CCCC(CO)C1. The highest BCUT2D eigenvalue weighted by atomic mass is 16.3. The maximum Gasteiger partial charge on any atom is 0.0912 e. The Morgan fingerprint density at radius 1 is 1.73 bits per heavy atom. The minimum Gasteiger partial charge on any atom is -0.396 e. The molecule has 1 atom stereocenters. The molecule has 0 aromatic rings. The first kappa shape index (κ1) is 8.40. The number of hydrogen-bond donors (Lipinski definition) is 2. The van der Waals surface area contributed by atoms with Crippen molar-refractivity contribution in [2.75, 3.05) is 19.7 Å². The Kier molecular flexibility index (Phi) is 2.76. The lowest BCUT2D eigenvalue weighted by atomic mass is 9.99. The summed E-state index contributed by atoms with van der Waals surface area (Å²) in [5.41, 5.74) is 5.53. The number of nitrogens with two attached hydrogens (primary N) is 1. The third-order valence-electron chi connectivity index (χ3n) is 2.18. The number of nitrogens with zero attached hydrogens (tertiary/aromatic N) is 1. The van der Waals surface area contributed by atoms with E-state index in [0.29, 0.717) is 11.7 Å². The normalized spacial score (nSPS) is 25.2. The van der Waals surface area contributed by atoms with Crippen molar-refractivity contribution in [1.29, 1.82) is 0 Å². The quantitative estimate of drug-likeness (QED) is 0.597. The van der Waals surface area contributed by atoms with Gasteiger partial charge in [0.15, 0.2) is 0 Å². The van der Waals surface area contributed by atoms with E-state index in [4.69, 9.17) is 10.8 Å². The van der Waals surface area contributed by atoms with Crippen LogP contribution < -0.4 is 5.73 Å². The van der Waals surface area contributed by atoms with Crippen LogP contribution in [0, 0.1) is 5.92 Å². The molecule has 1 unspecified atom stereocenters. The average Bonchev–Trinajstić information content (AvgIpc) is 2.05. The smallest absolute Gasteiger partial charge is 0.0912 e. The number of rotatable bonds is 2. The Morgan fingerprint density at radius 2 is 2.45 bits per heavy atom. The van der Waals surface area contributed by atoms with Crippen LogP contribution in [0.3, 0.4) is 0 Å². The van der Waals surface area contributed by atoms with Crippen LogP contribution in [0.15, 0.2) is 12.4 Å². The van der Waals surface area contributed by atoms with Crippen LogP contribution in [-0.2, 0) is 0 Å². The number of hydrogen-bond acceptors (Lipinski definition) is 3. The van der Waals surface area contributed by atoms with Crippen molar-refractivity contribution < 1.29 is 5.11 Å². The summed E-state index contributed by atoms with van der Waals surface area (Å²) in [5.74, 6) is 1.02. The fraction of sp³-hybridized carbons (Fsp3) is 0.750. The van der Waals surface area contributed by atoms with Gasteiger partial charge < -0.3 is 15.7 Å². The van der Waals surface area contributed by atoms with Gasteiger partial charge in [-0.25, -0.2) is 0 Å². The molecule has 0 radical (unpaired) electrons. The maximum atomic E-state index is 8.89. The summed E-state index contributed by atoms with van der Waals surface area (Å²) in [5, 5.41) is 8.89. The molecule has 11 heavy (non-hydrogen) atoms. The Hall–Kier alpha value is -0.700. The minimum absolute atomic E-state index is 0.268. The fourth-order valence-corrected chi connectivity index (χ4v) is 1.47. The number of aliphatic hydroxyl groups excluding tert-OH is 1. The summed E-state index contributed by atoms with van der Waals surface area (Å²) in [6, 6.07) is 0. The molecule has 0 saturated carbocycles. The van der Waals surface area contributed by atoms with Gasteiger partial charge in [0.1, 0.15) is 0 Å². The van der Waals surface area contributed by atoms with E-state index in [9.17, 15) is 0 Å². The lowest BCUT2D eigenvalue weighted by Crippen LogP contribution is -2.38. The van der Waals surface area contributed by atoms with Crippen molar-refractivity contribution in [3.05, 3.63) is 12.4 Å². The highest BCUT2D eigenvalue weighted by Crippen LogP contribution is 2.16. The standard InChI is InChI=1S/C8H16N2O/c1-7(9)10-4-2-3-8(5-10)6-11/h8,11H,1-6,9H2. The van der Waals surface area contributed by atoms with Crippen LogP contribution in [0.2, 0.25) is 0 Å². The third-order valence-corrected chi connectivity index (χ3v) is 2.18. The summed E-state index contributed by atoms with van der Waals surface area (Å²) in [4.78, 5) is 2.03. The molecule has 3 N–H and O–H groups in total. The van der Waals surface area contributed by atoms with E-state index in [1.54, 1.807) is 0 Å². The van der Waals surface area contributed by atoms with E-state index >= 15 is 0 Å². The lowest BCUT2D eigenvalue weighted by Gasteiger charge is -2.32. The van der Waals surface area contributed by atoms with Gasteiger partial charge >= 0.3 is 0 Å². The Balaban J connectivity index is 2.39. The molecule has 0 bridgehead atoms. The van der Waals surface area contributed by atoms with Crippen LogP contribution in [0.5, 0.6) is 0 Å². The van der Waals surface area contributed by atoms with Crippen molar-refractivity contribution in [2.45, 2.75) is 12.8 Å². The van der Waals surface area contributed by atoms with Gasteiger partial charge in [-0.1, -0.05) is 6.58 Å². The van der Waals surface area contributed by atoms with Gasteiger partial charge in [-0.15, -0.1) is 0 Å². The van der Waals surface area contributed by atoms with Crippen LogP contribution >= 0.6 is 0 Å². The molecule has 1 heterocycles. The number of aliphatic hydroxyl groups is 1. The highest BCUT2D eigenvalue weighted by Gasteiger charge is 2.18. The van der Waals surface area contributed by atoms with Crippen LogP contribution in [0.25, 0.3) is 0 Å². The predicted molar refractivity (Wildman–Crippen MR) is 44.7 cm³/mol. The number of piperidine rings is 1. The molecule has 1 aliphatic rings. The first-order chi connectivity index (χ1) is 5.24. The van der Waals surface area contributed by atoms with Crippen molar-refractivity contribution in [2.24, 2.45) is 11.7 Å². The molecule has 3 nitrogen and oxygen atoms in total. The fourth-order valence-electron chi connectivity index (χ4n) is 1.47. The molecular formula is C8H16N2O. The summed E-state index contributed by atoms with van der Waals surface area (Å²) in [7, 11) is 0. The molecule has 0 aromatic carbocycles. The van der Waals surface area contributed by atoms with E-state index in [-0.39, 0.29) is 6.61 Å². The lowest BCUT2D eigenvalue weighted by molar-refractivity contribution is 0.142. The minimum atomic E-state index is 0.268. The molecule has 0 amide bonds. The summed E-state index contributed by atoms with van der Waals surface area (Å²) >= 11 is 0. The second-order valence-corrected chi connectivity index (χ2v) is 3.13. The van der Waals surface area contributed by atoms with Gasteiger partial charge in [0.2, 0.25) is 0 Å². The Labute approximate surface area is 67.5 Å².